The van der Waals surface area contributed by atoms with E-state index in [0.29, 0.717) is 12.6 Å². The molecule has 1 aliphatic rings. The number of methoxy groups -OCH3 is 1. The Kier molecular flexibility index (Phi) is 7.29. The van der Waals surface area contributed by atoms with Gasteiger partial charge in [-0.25, -0.2) is 0 Å². The van der Waals surface area contributed by atoms with Gasteiger partial charge in [0, 0.05) is 26.7 Å². The van der Waals surface area contributed by atoms with Gasteiger partial charge in [0.2, 0.25) is 0 Å². The van der Waals surface area contributed by atoms with Crippen molar-refractivity contribution < 1.29 is 4.74 Å². The number of nitrogens with zero attached hydrogens (tertiary/aromatic N) is 1. The molecular formula is C15H24IN3O. The quantitative estimate of drug-likeness (QED) is 0.462. The van der Waals surface area contributed by atoms with Gasteiger partial charge in [-0.3, -0.25) is 4.99 Å². The molecule has 0 amide bonds. The van der Waals surface area contributed by atoms with Gasteiger partial charge >= 0.3 is 0 Å². The molecule has 1 aromatic carbocycles. The van der Waals surface area contributed by atoms with Crippen LogP contribution in [-0.4, -0.2) is 26.2 Å². The molecule has 0 bridgehead atoms. The van der Waals surface area contributed by atoms with Crippen LogP contribution in [0.3, 0.4) is 0 Å². The Morgan fingerprint density at radius 2 is 1.90 bits per heavy atom. The van der Waals surface area contributed by atoms with Crippen LogP contribution in [0.25, 0.3) is 0 Å². The lowest BCUT2D eigenvalue weighted by molar-refractivity contribution is 0.185. The number of hydrogen-bond donors (Lipinski definition) is 2. The van der Waals surface area contributed by atoms with Gasteiger partial charge in [-0.1, -0.05) is 31.2 Å². The first-order chi connectivity index (χ1) is 9.22. The normalized spacial score (nSPS) is 21.1. The molecule has 1 aliphatic carbocycles. The van der Waals surface area contributed by atoms with Crippen molar-refractivity contribution in [2.75, 3.05) is 14.2 Å². The Balaban J connectivity index is 0.00000200. The van der Waals surface area contributed by atoms with Crippen LogP contribution < -0.4 is 10.6 Å². The van der Waals surface area contributed by atoms with E-state index >= 15 is 0 Å². The molecule has 2 atom stereocenters. The SMILES string of the molecule is CN=C(NCc1ccc(COC)cc1)NC1CC1C.I. The highest BCUT2D eigenvalue weighted by Crippen LogP contribution is 2.28. The van der Waals surface area contributed by atoms with Crippen LogP contribution in [-0.2, 0) is 17.9 Å². The van der Waals surface area contributed by atoms with Crippen LogP contribution >= 0.6 is 24.0 Å². The minimum atomic E-state index is 0. The zero-order valence-electron chi connectivity index (χ0n) is 12.3. The summed E-state index contributed by atoms with van der Waals surface area (Å²) in [6, 6.07) is 9.03. The molecular weight excluding hydrogens is 365 g/mol. The number of aliphatic imine (C=N–C) groups is 1. The van der Waals surface area contributed by atoms with Gasteiger partial charge in [0.25, 0.3) is 0 Å². The zero-order chi connectivity index (χ0) is 13.7. The first-order valence-corrected chi connectivity index (χ1v) is 6.77. The molecule has 2 rings (SSSR count). The maximum Gasteiger partial charge on any atom is 0.191 e. The molecule has 1 aromatic rings. The third-order valence-corrected chi connectivity index (χ3v) is 3.45. The van der Waals surface area contributed by atoms with Gasteiger partial charge in [0.15, 0.2) is 5.96 Å². The van der Waals surface area contributed by atoms with Crippen molar-refractivity contribution in [3.05, 3.63) is 35.4 Å². The van der Waals surface area contributed by atoms with Crippen LogP contribution in [0.1, 0.15) is 24.5 Å². The largest absolute Gasteiger partial charge is 0.380 e. The number of benzene rings is 1. The predicted molar refractivity (Wildman–Crippen MR) is 93.5 cm³/mol. The molecule has 2 N–H and O–H groups in total. The summed E-state index contributed by atoms with van der Waals surface area (Å²) in [4.78, 5) is 4.24. The van der Waals surface area contributed by atoms with Gasteiger partial charge in [-0.15, -0.1) is 24.0 Å². The fourth-order valence-electron chi connectivity index (χ4n) is 2.00. The molecule has 0 spiro atoms. The van der Waals surface area contributed by atoms with Crippen LogP contribution in [0.2, 0.25) is 0 Å². The number of hydrogen-bond acceptors (Lipinski definition) is 2. The van der Waals surface area contributed by atoms with Gasteiger partial charge in [-0.05, 0) is 23.5 Å². The van der Waals surface area contributed by atoms with Crippen molar-refractivity contribution in [2.45, 2.75) is 32.5 Å². The summed E-state index contributed by atoms with van der Waals surface area (Å²) < 4.78 is 5.10. The van der Waals surface area contributed by atoms with Gasteiger partial charge in [0.1, 0.15) is 0 Å². The molecule has 1 saturated carbocycles. The average Bonchev–Trinajstić information content (AvgIpc) is 3.12. The van der Waals surface area contributed by atoms with Crippen LogP contribution in [0.5, 0.6) is 0 Å². The number of halogens is 1. The fraction of sp³-hybridized carbons (Fsp3) is 0.533. The van der Waals surface area contributed by atoms with E-state index in [0.717, 1.165) is 18.4 Å². The first-order valence-electron chi connectivity index (χ1n) is 6.77. The summed E-state index contributed by atoms with van der Waals surface area (Å²) in [7, 11) is 3.52. The lowest BCUT2D eigenvalue weighted by atomic mass is 10.1. The minimum Gasteiger partial charge on any atom is -0.380 e. The monoisotopic (exact) mass is 389 g/mol. The standard InChI is InChI=1S/C15H23N3O.HI/c1-11-8-14(11)18-15(16-2)17-9-12-4-6-13(7-5-12)10-19-3;/h4-7,11,14H,8-10H2,1-3H3,(H2,16,17,18);1H. The van der Waals surface area contributed by atoms with E-state index < -0.39 is 0 Å². The Hall–Kier alpha value is -0.820. The molecule has 112 valence electrons. The Labute approximate surface area is 138 Å². The van der Waals surface area contributed by atoms with Crippen LogP contribution in [0.4, 0.5) is 0 Å². The van der Waals surface area contributed by atoms with E-state index in [1.807, 2.05) is 7.05 Å². The lowest BCUT2D eigenvalue weighted by Gasteiger charge is -2.11. The smallest absolute Gasteiger partial charge is 0.191 e. The van der Waals surface area contributed by atoms with Gasteiger partial charge < -0.3 is 15.4 Å². The van der Waals surface area contributed by atoms with E-state index in [-0.39, 0.29) is 24.0 Å². The Bertz CT molecular complexity index is 433. The van der Waals surface area contributed by atoms with Crippen LogP contribution in [0, 0.1) is 5.92 Å². The third-order valence-electron chi connectivity index (χ3n) is 3.45. The first kappa shape index (κ1) is 17.2. The second-order valence-electron chi connectivity index (χ2n) is 5.14. The van der Waals surface area contributed by atoms with Gasteiger partial charge in [0.05, 0.1) is 6.61 Å². The van der Waals surface area contributed by atoms with Crippen molar-refractivity contribution in [1.29, 1.82) is 0 Å². The molecule has 0 heterocycles. The fourth-order valence-corrected chi connectivity index (χ4v) is 2.00. The highest BCUT2D eigenvalue weighted by Gasteiger charge is 2.33. The number of nitrogens with one attached hydrogen (secondary N) is 2. The van der Waals surface area contributed by atoms with E-state index in [4.69, 9.17) is 4.74 Å². The minimum absolute atomic E-state index is 0. The molecule has 0 aromatic heterocycles. The van der Waals surface area contributed by atoms with E-state index in [1.165, 1.54) is 17.5 Å². The van der Waals surface area contributed by atoms with Crippen molar-refractivity contribution in [3.63, 3.8) is 0 Å². The second kappa shape index (κ2) is 8.46. The summed E-state index contributed by atoms with van der Waals surface area (Å²) in [6.45, 7) is 3.70. The molecule has 1 fully saturated rings. The summed E-state index contributed by atoms with van der Waals surface area (Å²) in [6.07, 6.45) is 1.24. The Morgan fingerprint density at radius 1 is 1.30 bits per heavy atom. The molecule has 0 aliphatic heterocycles. The number of ether oxygens (including phenoxy) is 1. The van der Waals surface area contributed by atoms with E-state index in [1.54, 1.807) is 7.11 Å². The number of guanidine groups is 1. The van der Waals surface area contributed by atoms with Crippen molar-refractivity contribution in [1.82, 2.24) is 10.6 Å². The highest BCUT2D eigenvalue weighted by molar-refractivity contribution is 14.0. The molecule has 2 unspecified atom stereocenters. The third kappa shape index (κ3) is 5.28. The van der Waals surface area contributed by atoms with Crippen molar-refractivity contribution in [2.24, 2.45) is 10.9 Å². The lowest BCUT2D eigenvalue weighted by Crippen LogP contribution is -2.38. The summed E-state index contributed by atoms with van der Waals surface area (Å²) in [5.41, 5.74) is 2.44. The van der Waals surface area contributed by atoms with E-state index in [2.05, 4.69) is 46.8 Å². The van der Waals surface area contributed by atoms with Gasteiger partial charge in [-0.2, -0.15) is 0 Å². The second-order valence-corrected chi connectivity index (χ2v) is 5.14. The molecule has 20 heavy (non-hydrogen) atoms. The molecule has 0 saturated heterocycles. The molecule has 0 radical (unpaired) electrons. The molecule has 4 nitrogen and oxygen atoms in total. The van der Waals surface area contributed by atoms with E-state index in [9.17, 15) is 0 Å². The average molecular weight is 389 g/mol. The summed E-state index contributed by atoms with van der Waals surface area (Å²) in [5.74, 6) is 1.65. The summed E-state index contributed by atoms with van der Waals surface area (Å²) >= 11 is 0. The predicted octanol–water partition coefficient (Wildman–Crippen LogP) is 2.52. The zero-order valence-corrected chi connectivity index (χ0v) is 14.7. The maximum absolute atomic E-state index is 5.10. The number of rotatable bonds is 5. The van der Waals surface area contributed by atoms with Crippen molar-refractivity contribution in [3.8, 4) is 0 Å². The topological polar surface area (TPSA) is 45.7 Å². The molecule has 5 heteroatoms. The Morgan fingerprint density at radius 3 is 2.40 bits per heavy atom. The van der Waals surface area contributed by atoms with Crippen LogP contribution in [0.15, 0.2) is 29.3 Å². The highest BCUT2D eigenvalue weighted by atomic mass is 127. The van der Waals surface area contributed by atoms with Crippen molar-refractivity contribution >= 4 is 29.9 Å². The maximum atomic E-state index is 5.10. The summed E-state index contributed by atoms with van der Waals surface area (Å²) in [5, 5.41) is 6.75.